The maximum absolute atomic E-state index is 12.9. The van der Waals surface area contributed by atoms with Crippen LogP contribution in [0.3, 0.4) is 0 Å². The molecular weight excluding hydrogens is 351 g/mol. The summed E-state index contributed by atoms with van der Waals surface area (Å²) < 4.78 is 23.8. The van der Waals surface area contributed by atoms with Crippen LogP contribution in [0.25, 0.3) is 11.7 Å². The van der Waals surface area contributed by atoms with E-state index in [4.69, 9.17) is 8.83 Å². The fraction of sp³-hybridized carbons (Fsp3) is 0.316. The lowest BCUT2D eigenvalue weighted by Crippen LogP contribution is -2.37. The molecule has 0 saturated heterocycles. The number of carbonyl (C=O) groups excluding carboxylic acids is 1. The number of hydrogen-bond donors (Lipinski definition) is 1. The number of benzene rings is 1. The van der Waals surface area contributed by atoms with Crippen LogP contribution in [0.15, 0.2) is 51.5 Å². The van der Waals surface area contributed by atoms with E-state index in [0.29, 0.717) is 37.2 Å². The number of rotatable bonds is 9. The summed E-state index contributed by atoms with van der Waals surface area (Å²) in [6.45, 7) is 3.66. The Hall–Kier alpha value is -3.00. The van der Waals surface area contributed by atoms with Crippen molar-refractivity contribution in [2.45, 2.75) is 26.4 Å². The highest BCUT2D eigenvalue weighted by Crippen LogP contribution is 2.18. The molecule has 0 aliphatic carbocycles. The van der Waals surface area contributed by atoms with Gasteiger partial charge in [0, 0.05) is 6.54 Å². The highest BCUT2D eigenvalue weighted by atomic mass is 19.1. The summed E-state index contributed by atoms with van der Waals surface area (Å²) in [5.41, 5.74) is 0.840. The van der Waals surface area contributed by atoms with Gasteiger partial charge in [0.1, 0.15) is 5.82 Å². The number of amides is 1. The van der Waals surface area contributed by atoms with Crippen molar-refractivity contribution < 1.29 is 18.0 Å². The lowest BCUT2D eigenvalue weighted by molar-refractivity contribution is -0.122. The zero-order valence-electron chi connectivity index (χ0n) is 15.0. The van der Waals surface area contributed by atoms with Crippen molar-refractivity contribution in [3.63, 3.8) is 0 Å². The quantitative estimate of drug-likeness (QED) is 0.622. The van der Waals surface area contributed by atoms with E-state index in [1.54, 1.807) is 24.3 Å². The van der Waals surface area contributed by atoms with Gasteiger partial charge in [-0.25, -0.2) is 4.39 Å². The van der Waals surface area contributed by atoms with Crippen molar-refractivity contribution in [2.24, 2.45) is 0 Å². The van der Waals surface area contributed by atoms with Crippen molar-refractivity contribution in [3.05, 3.63) is 59.9 Å². The van der Waals surface area contributed by atoms with Crippen LogP contribution in [0, 0.1) is 5.82 Å². The smallest absolute Gasteiger partial charge is 0.283 e. The van der Waals surface area contributed by atoms with Crippen LogP contribution in [0.5, 0.6) is 0 Å². The van der Waals surface area contributed by atoms with Crippen molar-refractivity contribution in [1.29, 1.82) is 0 Å². The van der Waals surface area contributed by atoms with Gasteiger partial charge in [0.2, 0.25) is 11.8 Å². The summed E-state index contributed by atoms with van der Waals surface area (Å²) >= 11 is 0. The van der Waals surface area contributed by atoms with E-state index in [2.05, 4.69) is 15.5 Å². The molecule has 0 atom stereocenters. The van der Waals surface area contributed by atoms with Gasteiger partial charge in [-0.2, -0.15) is 0 Å². The van der Waals surface area contributed by atoms with Crippen molar-refractivity contribution in [3.8, 4) is 11.7 Å². The average Bonchev–Trinajstić information content (AvgIpc) is 3.33. The van der Waals surface area contributed by atoms with E-state index in [1.165, 1.54) is 18.4 Å². The Balaban J connectivity index is 1.53. The lowest BCUT2D eigenvalue weighted by Gasteiger charge is -2.19. The minimum absolute atomic E-state index is 0.126. The van der Waals surface area contributed by atoms with E-state index in [1.807, 2.05) is 11.8 Å². The highest BCUT2D eigenvalue weighted by molar-refractivity contribution is 5.78. The number of halogens is 1. The monoisotopic (exact) mass is 372 g/mol. The fourth-order valence-corrected chi connectivity index (χ4v) is 2.60. The second-order valence-corrected chi connectivity index (χ2v) is 6.09. The first-order valence-electron chi connectivity index (χ1n) is 8.74. The summed E-state index contributed by atoms with van der Waals surface area (Å²) in [5.74, 6) is 0.812. The Morgan fingerprint density at radius 3 is 2.74 bits per heavy atom. The standard InChI is InChI=1S/C19H21FN4O3/c1-2-9-24(12-17(25)21-11-14-5-7-15(20)8-6-14)13-18-22-23-19(27-18)16-4-3-10-26-16/h3-8,10H,2,9,11-13H2,1H3,(H,21,25). The molecule has 2 heterocycles. The molecule has 27 heavy (non-hydrogen) atoms. The largest absolute Gasteiger partial charge is 0.459 e. The van der Waals surface area contributed by atoms with Crippen LogP contribution in [0.4, 0.5) is 4.39 Å². The molecule has 0 radical (unpaired) electrons. The molecule has 3 rings (SSSR count). The third-order valence-electron chi connectivity index (χ3n) is 3.87. The van der Waals surface area contributed by atoms with Crippen LogP contribution in [0.2, 0.25) is 0 Å². The Morgan fingerprint density at radius 2 is 2.04 bits per heavy atom. The van der Waals surface area contributed by atoms with E-state index >= 15 is 0 Å². The van der Waals surface area contributed by atoms with Crippen LogP contribution < -0.4 is 5.32 Å². The molecular formula is C19H21FN4O3. The van der Waals surface area contributed by atoms with Gasteiger partial charge in [0.25, 0.3) is 5.89 Å². The van der Waals surface area contributed by atoms with Crippen LogP contribution >= 0.6 is 0 Å². The zero-order chi connectivity index (χ0) is 19.1. The lowest BCUT2D eigenvalue weighted by atomic mass is 10.2. The minimum Gasteiger partial charge on any atom is -0.459 e. The molecule has 3 aromatic rings. The number of aromatic nitrogens is 2. The summed E-state index contributed by atoms with van der Waals surface area (Å²) in [6, 6.07) is 9.52. The molecule has 0 fully saturated rings. The molecule has 1 aromatic carbocycles. The third-order valence-corrected chi connectivity index (χ3v) is 3.87. The van der Waals surface area contributed by atoms with Gasteiger partial charge in [-0.05, 0) is 42.8 Å². The van der Waals surface area contributed by atoms with Gasteiger partial charge in [0.05, 0.1) is 19.4 Å². The predicted molar refractivity (Wildman–Crippen MR) is 95.8 cm³/mol. The van der Waals surface area contributed by atoms with Gasteiger partial charge in [-0.3, -0.25) is 9.69 Å². The molecule has 142 valence electrons. The molecule has 0 unspecified atom stereocenters. The number of hydrogen-bond acceptors (Lipinski definition) is 6. The third kappa shape index (κ3) is 5.49. The maximum Gasteiger partial charge on any atom is 0.283 e. The zero-order valence-corrected chi connectivity index (χ0v) is 15.0. The molecule has 8 heteroatoms. The van der Waals surface area contributed by atoms with E-state index in [9.17, 15) is 9.18 Å². The SMILES string of the molecule is CCCN(CC(=O)NCc1ccc(F)cc1)Cc1nnc(-c2ccco2)o1. The van der Waals surface area contributed by atoms with E-state index < -0.39 is 0 Å². The second-order valence-electron chi connectivity index (χ2n) is 6.09. The highest BCUT2D eigenvalue weighted by Gasteiger charge is 2.16. The van der Waals surface area contributed by atoms with Gasteiger partial charge in [-0.1, -0.05) is 19.1 Å². The summed E-state index contributed by atoms with van der Waals surface area (Å²) in [7, 11) is 0. The number of furan rings is 1. The normalized spacial score (nSPS) is 11.1. The molecule has 1 amide bonds. The molecule has 7 nitrogen and oxygen atoms in total. The van der Waals surface area contributed by atoms with Gasteiger partial charge in [-0.15, -0.1) is 10.2 Å². The molecule has 0 spiro atoms. The summed E-state index contributed by atoms with van der Waals surface area (Å²) in [6.07, 6.45) is 2.42. The Kier molecular flexibility index (Phi) is 6.32. The average molecular weight is 372 g/mol. The second kappa shape index (κ2) is 9.09. The number of carbonyl (C=O) groups is 1. The van der Waals surface area contributed by atoms with Crippen LogP contribution in [0.1, 0.15) is 24.8 Å². The Bertz CT molecular complexity index is 846. The molecule has 0 aliphatic heterocycles. The van der Waals surface area contributed by atoms with Gasteiger partial charge in [0.15, 0.2) is 5.76 Å². The molecule has 0 saturated carbocycles. The Labute approximate surface area is 156 Å². The predicted octanol–water partition coefficient (Wildman–Crippen LogP) is 3.00. The Morgan fingerprint density at radius 1 is 1.22 bits per heavy atom. The molecule has 1 N–H and O–H groups in total. The first-order chi connectivity index (χ1) is 13.1. The number of nitrogens with one attached hydrogen (secondary N) is 1. The minimum atomic E-state index is -0.298. The van der Waals surface area contributed by atoms with Crippen molar-refractivity contribution in [2.75, 3.05) is 13.1 Å². The molecule has 0 bridgehead atoms. The van der Waals surface area contributed by atoms with Crippen LogP contribution in [-0.2, 0) is 17.9 Å². The maximum atomic E-state index is 12.9. The number of nitrogens with zero attached hydrogens (tertiary/aromatic N) is 3. The van der Waals surface area contributed by atoms with Gasteiger partial charge < -0.3 is 14.2 Å². The van der Waals surface area contributed by atoms with Gasteiger partial charge >= 0.3 is 0 Å². The van der Waals surface area contributed by atoms with E-state index in [-0.39, 0.29) is 18.3 Å². The molecule has 0 aliphatic rings. The topological polar surface area (TPSA) is 84.4 Å². The summed E-state index contributed by atoms with van der Waals surface area (Å²) in [5, 5.41) is 10.8. The first-order valence-corrected chi connectivity index (χ1v) is 8.74. The fourth-order valence-electron chi connectivity index (χ4n) is 2.60. The first kappa shape index (κ1) is 18.8. The summed E-state index contributed by atoms with van der Waals surface area (Å²) in [4.78, 5) is 14.2. The van der Waals surface area contributed by atoms with Crippen molar-refractivity contribution in [1.82, 2.24) is 20.4 Å². The van der Waals surface area contributed by atoms with Crippen molar-refractivity contribution >= 4 is 5.91 Å². The molecule has 2 aromatic heterocycles. The van der Waals surface area contributed by atoms with Crippen LogP contribution in [-0.4, -0.2) is 34.1 Å². The van der Waals surface area contributed by atoms with E-state index in [0.717, 1.165) is 12.0 Å².